The van der Waals surface area contributed by atoms with Gasteiger partial charge in [0.15, 0.2) is 0 Å². The number of benzene rings is 1. The number of nitrogens with one attached hydrogen (secondary N) is 2. The van der Waals surface area contributed by atoms with Gasteiger partial charge in [-0.15, -0.1) is 11.3 Å². The van der Waals surface area contributed by atoms with Gasteiger partial charge in [0.05, 0.1) is 19.3 Å². The number of rotatable bonds is 8. The number of esters is 1. The molecule has 8 heteroatoms. The van der Waals surface area contributed by atoms with Crippen molar-refractivity contribution in [3.05, 3.63) is 45.8 Å². The molecule has 0 atom stereocenters. The molecule has 0 radical (unpaired) electrons. The molecule has 1 aliphatic rings. The molecule has 160 valence electrons. The molecule has 2 amide bonds. The Hall–Kier alpha value is -2.87. The Morgan fingerprint density at radius 3 is 2.73 bits per heavy atom. The van der Waals surface area contributed by atoms with Gasteiger partial charge in [-0.05, 0) is 56.4 Å². The zero-order chi connectivity index (χ0) is 21.5. The minimum atomic E-state index is -0.390. The summed E-state index contributed by atoms with van der Waals surface area (Å²) in [5.41, 5.74) is 1.96. The van der Waals surface area contributed by atoms with Crippen LogP contribution in [0, 0.1) is 0 Å². The van der Waals surface area contributed by atoms with Gasteiger partial charge in [-0.25, -0.2) is 4.79 Å². The fourth-order valence-electron chi connectivity index (χ4n) is 3.42. The second kappa shape index (κ2) is 10.2. The van der Waals surface area contributed by atoms with Gasteiger partial charge < -0.3 is 20.1 Å². The van der Waals surface area contributed by atoms with E-state index in [9.17, 15) is 14.4 Å². The molecule has 0 unspecified atom stereocenters. The fourth-order valence-corrected chi connectivity index (χ4v) is 4.71. The maximum absolute atomic E-state index is 12.5. The number of fused-ring (bicyclic) bond motifs is 1. The molecule has 0 aliphatic heterocycles. The van der Waals surface area contributed by atoms with E-state index in [-0.39, 0.29) is 31.4 Å². The molecule has 0 fully saturated rings. The van der Waals surface area contributed by atoms with Crippen molar-refractivity contribution >= 4 is 34.1 Å². The first-order chi connectivity index (χ1) is 14.5. The number of carbonyl (C=O) groups excluding carboxylic acids is 3. The summed E-state index contributed by atoms with van der Waals surface area (Å²) < 4.78 is 10.3. The smallest absolute Gasteiger partial charge is 0.341 e. The second-order valence-electron chi connectivity index (χ2n) is 6.92. The number of amides is 2. The number of methoxy groups -OCH3 is 1. The number of carbonyl (C=O) groups is 3. The summed E-state index contributed by atoms with van der Waals surface area (Å²) in [6.45, 7) is 2.23. The van der Waals surface area contributed by atoms with Gasteiger partial charge in [-0.1, -0.05) is 6.07 Å². The van der Waals surface area contributed by atoms with E-state index in [0.29, 0.717) is 21.9 Å². The highest BCUT2D eigenvalue weighted by Crippen LogP contribution is 2.38. The van der Waals surface area contributed by atoms with E-state index in [0.717, 1.165) is 36.1 Å². The molecule has 0 spiro atoms. The van der Waals surface area contributed by atoms with Crippen molar-refractivity contribution in [3.8, 4) is 5.75 Å². The van der Waals surface area contributed by atoms with Crippen molar-refractivity contribution in [3.63, 3.8) is 0 Å². The third-order valence-electron chi connectivity index (χ3n) is 4.87. The van der Waals surface area contributed by atoms with Crippen molar-refractivity contribution in [1.82, 2.24) is 5.32 Å². The van der Waals surface area contributed by atoms with Gasteiger partial charge in [0.1, 0.15) is 10.8 Å². The van der Waals surface area contributed by atoms with Crippen LogP contribution in [0.15, 0.2) is 24.3 Å². The van der Waals surface area contributed by atoms with Crippen LogP contribution < -0.4 is 15.4 Å². The van der Waals surface area contributed by atoms with Crippen LogP contribution in [0.1, 0.15) is 57.3 Å². The van der Waals surface area contributed by atoms with Gasteiger partial charge in [-0.3, -0.25) is 9.59 Å². The van der Waals surface area contributed by atoms with Crippen LogP contribution in [-0.2, 0) is 22.4 Å². The number of thiophene rings is 1. The summed E-state index contributed by atoms with van der Waals surface area (Å²) in [4.78, 5) is 38.3. The van der Waals surface area contributed by atoms with Crippen LogP contribution in [0.3, 0.4) is 0 Å². The highest BCUT2D eigenvalue weighted by atomic mass is 32.1. The van der Waals surface area contributed by atoms with Crippen molar-refractivity contribution < 1.29 is 23.9 Å². The molecule has 0 bridgehead atoms. The lowest BCUT2D eigenvalue weighted by Gasteiger charge is -2.12. The van der Waals surface area contributed by atoms with E-state index in [4.69, 9.17) is 9.47 Å². The van der Waals surface area contributed by atoms with Crippen LogP contribution >= 0.6 is 11.3 Å². The van der Waals surface area contributed by atoms with Crippen LogP contribution in [0.25, 0.3) is 0 Å². The van der Waals surface area contributed by atoms with Crippen molar-refractivity contribution in [1.29, 1.82) is 0 Å². The lowest BCUT2D eigenvalue weighted by molar-refractivity contribution is -0.116. The average molecular weight is 431 g/mol. The van der Waals surface area contributed by atoms with Crippen LogP contribution in [0.4, 0.5) is 5.00 Å². The van der Waals surface area contributed by atoms with Crippen molar-refractivity contribution in [2.45, 2.75) is 39.0 Å². The molecule has 1 aliphatic carbocycles. The van der Waals surface area contributed by atoms with E-state index in [1.807, 2.05) is 0 Å². The minimum Gasteiger partial charge on any atom is -0.497 e. The topological polar surface area (TPSA) is 93.7 Å². The Balaban J connectivity index is 1.60. The molecule has 7 nitrogen and oxygen atoms in total. The molecule has 1 aromatic heterocycles. The maximum Gasteiger partial charge on any atom is 0.341 e. The molecule has 1 aromatic carbocycles. The van der Waals surface area contributed by atoms with E-state index >= 15 is 0 Å². The molecule has 30 heavy (non-hydrogen) atoms. The summed E-state index contributed by atoms with van der Waals surface area (Å²) in [6, 6.07) is 6.80. The Bertz CT molecular complexity index is 938. The molecule has 0 saturated carbocycles. The lowest BCUT2D eigenvalue weighted by Crippen LogP contribution is -2.27. The lowest BCUT2D eigenvalue weighted by atomic mass is 9.95. The highest BCUT2D eigenvalue weighted by Gasteiger charge is 2.27. The second-order valence-corrected chi connectivity index (χ2v) is 8.03. The monoisotopic (exact) mass is 430 g/mol. The van der Waals surface area contributed by atoms with E-state index in [1.165, 1.54) is 18.4 Å². The maximum atomic E-state index is 12.5. The average Bonchev–Trinajstić information content (AvgIpc) is 3.11. The summed E-state index contributed by atoms with van der Waals surface area (Å²) >= 11 is 1.45. The van der Waals surface area contributed by atoms with E-state index in [1.54, 1.807) is 31.2 Å². The number of aryl methyl sites for hydroxylation is 1. The van der Waals surface area contributed by atoms with Crippen molar-refractivity contribution in [2.75, 3.05) is 25.6 Å². The number of anilines is 1. The van der Waals surface area contributed by atoms with Gasteiger partial charge in [0.25, 0.3) is 5.91 Å². The van der Waals surface area contributed by atoms with Crippen molar-refractivity contribution in [2.24, 2.45) is 0 Å². The highest BCUT2D eigenvalue weighted by molar-refractivity contribution is 7.17. The summed E-state index contributed by atoms with van der Waals surface area (Å²) in [5.74, 6) is -0.335. The standard InChI is InChI=1S/C22H26N2O5S/c1-3-29-22(27)19-16-9-4-5-10-17(16)30-21(19)24-18(25)11-12-23-20(26)14-7-6-8-15(13-14)28-2/h6-8,13H,3-5,9-12H2,1-2H3,(H,23,26)(H,24,25). The third kappa shape index (κ3) is 5.18. The summed E-state index contributed by atoms with van der Waals surface area (Å²) in [5, 5.41) is 6.12. The molecular formula is C22H26N2O5S. The van der Waals surface area contributed by atoms with Gasteiger partial charge in [0.2, 0.25) is 5.91 Å². The Morgan fingerprint density at radius 1 is 1.17 bits per heavy atom. The predicted molar refractivity (Wildman–Crippen MR) is 115 cm³/mol. The number of ether oxygens (including phenoxy) is 2. The Kier molecular flexibility index (Phi) is 7.46. The quantitative estimate of drug-likeness (QED) is 0.625. The first-order valence-corrected chi connectivity index (χ1v) is 10.9. The predicted octanol–water partition coefficient (Wildman–Crippen LogP) is 3.57. The van der Waals surface area contributed by atoms with Gasteiger partial charge in [-0.2, -0.15) is 0 Å². The van der Waals surface area contributed by atoms with Gasteiger partial charge >= 0.3 is 5.97 Å². The zero-order valence-electron chi connectivity index (χ0n) is 17.2. The first kappa shape index (κ1) is 21.8. The molecule has 3 rings (SSSR count). The summed E-state index contributed by atoms with van der Waals surface area (Å²) in [7, 11) is 1.54. The Labute approximate surface area is 179 Å². The molecule has 1 heterocycles. The molecule has 2 N–H and O–H groups in total. The van der Waals surface area contributed by atoms with E-state index in [2.05, 4.69) is 10.6 Å². The summed E-state index contributed by atoms with van der Waals surface area (Å²) in [6.07, 6.45) is 3.95. The van der Waals surface area contributed by atoms with Gasteiger partial charge in [0, 0.05) is 23.4 Å². The molecule has 2 aromatic rings. The first-order valence-electron chi connectivity index (χ1n) is 10.1. The minimum absolute atomic E-state index is 0.0978. The van der Waals surface area contributed by atoms with Crippen LogP contribution in [0.5, 0.6) is 5.75 Å². The SMILES string of the molecule is CCOC(=O)c1c(NC(=O)CCNC(=O)c2cccc(OC)c2)sc2c1CCCC2. The fraction of sp³-hybridized carbons (Fsp3) is 0.409. The van der Waals surface area contributed by atoms with Crippen LogP contribution in [0.2, 0.25) is 0 Å². The van der Waals surface area contributed by atoms with E-state index < -0.39 is 5.97 Å². The van der Waals surface area contributed by atoms with Crippen LogP contribution in [-0.4, -0.2) is 38.0 Å². The number of hydrogen-bond acceptors (Lipinski definition) is 6. The number of hydrogen-bond donors (Lipinski definition) is 2. The molecular weight excluding hydrogens is 404 g/mol. The Morgan fingerprint density at radius 2 is 1.97 bits per heavy atom. The molecule has 0 saturated heterocycles. The normalized spacial score (nSPS) is 12.6. The zero-order valence-corrected chi connectivity index (χ0v) is 18.0. The third-order valence-corrected chi connectivity index (χ3v) is 6.08. The largest absolute Gasteiger partial charge is 0.497 e.